The zero-order valence-electron chi connectivity index (χ0n) is 14.0. The molecule has 1 fully saturated rings. The van der Waals surface area contributed by atoms with Gasteiger partial charge in [-0.05, 0) is 36.9 Å². The van der Waals surface area contributed by atoms with E-state index in [1.54, 1.807) is 11.3 Å². The van der Waals surface area contributed by atoms with Gasteiger partial charge in [-0.2, -0.15) is 0 Å². The molecule has 1 atom stereocenters. The van der Waals surface area contributed by atoms with Gasteiger partial charge in [0.05, 0.1) is 19.3 Å². The Morgan fingerprint density at radius 2 is 2.17 bits per heavy atom. The second-order valence-electron chi connectivity index (χ2n) is 6.00. The molecule has 1 saturated heterocycles. The highest BCUT2D eigenvalue weighted by Crippen LogP contribution is 2.23. The molecule has 3 heterocycles. The van der Waals surface area contributed by atoms with E-state index in [1.165, 1.54) is 4.88 Å². The molecule has 0 spiro atoms. The summed E-state index contributed by atoms with van der Waals surface area (Å²) in [5, 5.41) is 5.12. The Morgan fingerprint density at radius 3 is 2.83 bits per heavy atom. The van der Waals surface area contributed by atoms with Crippen LogP contribution >= 0.6 is 11.3 Å². The molecule has 1 aliphatic heterocycles. The third-order valence-corrected chi connectivity index (χ3v) is 5.18. The van der Waals surface area contributed by atoms with Crippen molar-refractivity contribution in [2.45, 2.75) is 25.8 Å². The van der Waals surface area contributed by atoms with Crippen molar-refractivity contribution >= 4 is 17.2 Å². The number of nitrogens with one attached hydrogen (secondary N) is 1. The minimum atomic E-state index is 0.0632. The lowest BCUT2D eigenvalue weighted by Crippen LogP contribution is -2.43. The number of carbonyl (C=O) groups excluding carboxylic acids is 1. The van der Waals surface area contributed by atoms with Crippen molar-refractivity contribution in [1.29, 1.82) is 0 Å². The molecule has 1 aliphatic rings. The molecule has 1 amide bonds. The van der Waals surface area contributed by atoms with Crippen LogP contribution in [-0.4, -0.2) is 43.7 Å². The Morgan fingerprint density at radius 1 is 1.33 bits per heavy atom. The number of thiophene rings is 1. The van der Waals surface area contributed by atoms with E-state index in [9.17, 15) is 4.79 Å². The molecular formula is C18H24N2O3S. The normalized spacial score (nSPS) is 16.9. The second kappa shape index (κ2) is 8.46. The van der Waals surface area contributed by atoms with Crippen molar-refractivity contribution in [2.75, 3.05) is 32.8 Å². The van der Waals surface area contributed by atoms with E-state index in [4.69, 9.17) is 9.15 Å². The highest BCUT2D eigenvalue weighted by atomic mass is 32.1. The lowest BCUT2D eigenvalue weighted by Gasteiger charge is -2.33. The topological polar surface area (TPSA) is 54.7 Å². The molecule has 2 aromatic rings. The molecule has 0 unspecified atom stereocenters. The molecule has 0 saturated carbocycles. The Balaban J connectivity index is 1.55. The summed E-state index contributed by atoms with van der Waals surface area (Å²) in [6.45, 7) is 5.67. The first kappa shape index (κ1) is 17.2. The molecule has 2 aromatic heterocycles. The first-order chi connectivity index (χ1) is 11.7. The van der Waals surface area contributed by atoms with Gasteiger partial charge in [0.25, 0.3) is 0 Å². The molecule has 1 N–H and O–H groups in total. The van der Waals surface area contributed by atoms with Crippen LogP contribution in [0.15, 0.2) is 34.1 Å². The number of hydrogen-bond donors (Lipinski definition) is 1. The maximum Gasteiger partial charge on any atom is 0.220 e. The van der Waals surface area contributed by atoms with Gasteiger partial charge in [0, 0.05) is 30.9 Å². The van der Waals surface area contributed by atoms with Crippen molar-refractivity contribution in [3.63, 3.8) is 0 Å². The van der Waals surface area contributed by atoms with E-state index in [-0.39, 0.29) is 11.9 Å². The highest BCUT2D eigenvalue weighted by molar-refractivity contribution is 7.09. The highest BCUT2D eigenvalue weighted by Gasteiger charge is 2.25. The lowest BCUT2D eigenvalue weighted by atomic mass is 10.1. The van der Waals surface area contributed by atoms with E-state index >= 15 is 0 Å². The Kier molecular flexibility index (Phi) is 6.07. The van der Waals surface area contributed by atoms with Gasteiger partial charge in [-0.1, -0.05) is 6.07 Å². The lowest BCUT2D eigenvalue weighted by molar-refractivity contribution is -0.121. The summed E-state index contributed by atoms with van der Waals surface area (Å²) in [4.78, 5) is 15.7. The van der Waals surface area contributed by atoms with Gasteiger partial charge in [-0.15, -0.1) is 11.3 Å². The minimum Gasteiger partial charge on any atom is -0.465 e. The van der Waals surface area contributed by atoms with Crippen molar-refractivity contribution in [3.8, 4) is 0 Å². The van der Waals surface area contributed by atoms with Gasteiger partial charge in [-0.25, -0.2) is 0 Å². The number of furan rings is 1. The molecular weight excluding hydrogens is 324 g/mol. The first-order valence-corrected chi connectivity index (χ1v) is 9.27. The quantitative estimate of drug-likeness (QED) is 0.836. The largest absolute Gasteiger partial charge is 0.465 e. The van der Waals surface area contributed by atoms with Crippen LogP contribution in [0.3, 0.4) is 0 Å². The molecule has 24 heavy (non-hydrogen) atoms. The summed E-state index contributed by atoms with van der Waals surface area (Å²) in [5.41, 5.74) is 0. The summed E-state index contributed by atoms with van der Waals surface area (Å²) >= 11 is 1.69. The molecule has 3 rings (SSSR count). The zero-order valence-corrected chi connectivity index (χ0v) is 14.8. The number of amides is 1. The van der Waals surface area contributed by atoms with E-state index in [0.29, 0.717) is 13.0 Å². The summed E-state index contributed by atoms with van der Waals surface area (Å²) in [6.07, 6.45) is 1.32. The van der Waals surface area contributed by atoms with Crippen molar-refractivity contribution in [1.82, 2.24) is 10.2 Å². The van der Waals surface area contributed by atoms with Crippen molar-refractivity contribution in [2.24, 2.45) is 0 Å². The maximum atomic E-state index is 12.2. The number of nitrogens with zero attached hydrogens (tertiary/aromatic N) is 1. The minimum absolute atomic E-state index is 0.0632. The van der Waals surface area contributed by atoms with E-state index in [2.05, 4.69) is 16.3 Å². The third-order valence-electron chi connectivity index (χ3n) is 4.25. The van der Waals surface area contributed by atoms with Gasteiger partial charge in [-0.3, -0.25) is 9.69 Å². The fraction of sp³-hybridized carbons (Fsp3) is 0.500. The number of rotatable bonds is 7. The van der Waals surface area contributed by atoms with Crippen molar-refractivity contribution < 1.29 is 13.9 Å². The summed E-state index contributed by atoms with van der Waals surface area (Å²) in [5.74, 6) is 1.89. The van der Waals surface area contributed by atoms with Crippen LogP contribution in [0.2, 0.25) is 0 Å². The second-order valence-corrected chi connectivity index (χ2v) is 7.03. The molecule has 0 aliphatic carbocycles. The average Bonchev–Trinajstić information content (AvgIpc) is 3.26. The molecule has 0 aromatic carbocycles. The zero-order chi connectivity index (χ0) is 16.8. The summed E-state index contributed by atoms with van der Waals surface area (Å²) in [6, 6.07) is 8.13. The Labute approximate surface area is 146 Å². The van der Waals surface area contributed by atoms with Crippen LogP contribution in [0, 0.1) is 6.92 Å². The molecule has 0 radical (unpaired) electrons. The number of ether oxygens (including phenoxy) is 1. The van der Waals surface area contributed by atoms with Gasteiger partial charge in [0.2, 0.25) is 5.91 Å². The van der Waals surface area contributed by atoms with Gasteiger partial charge in [0.1, 0.15) is 11.5 Å². The molecule has 130 valence electrons. The van der Waals surface area contributed by atoms with Crippen LogP contribution in [0.25, 0.3) is 0 Å². The smallest absolute Gasteiger partial charge is 0.220 e. The van der Waals surface area contributed by atoms with Gasteiger partial charge >= 0.3 is 0 Å². The average molecular weight is 348 g/mol. The summed E-state index contributed by atoms with van der Waals surface area (Å²) in [7, 11) is 0. The van der Waals surface area contributed by atoms with Gasteiger partial charge < -0.3 is 14.5 Å². The first-order valence-electron chi connectivity index (χ1n) is 8.39. The predicted octanol–water partition coefficient (Wildman–Crippen LogP) is 2.77. The summed E-state index contributed by atoms with van der Waals surface area (Å²) < 4.78 is 11.3. The monoisotopic (exact) mass is 348 g/mol. The maximum absolute atomic E-state index is 12.2. The predicted molar refractivity (Wildman–Crippen MR) is 94.2 cm³/mol. The van der Waals surface area contributed by atoms with Crippen LogP contribution in [0.4, 0.5) is 0 Å². The van der Waals surface area contributed by atoms with E-state index in [0.717, 1.165) is 44.2 Å². The molecule has 5 nitrogen and oxygen atoms in total. The Hall–Kier alpha value is -1.63. The number of carbonyl (C=O) groups is 1. The number of aryl methyl sites for hydroxylation is 2. The third kappa shape index (κ3) is 4.69. The molecule has 0 bridgehead atoms. The Bertz CT molecular complexity index is 632. The van der Waals surface area contributed by atoms with Crippen LogP contribution in [0.5, 0.6) is 0 Å². The van der Waals surface area contributed by atoms with E-state index < -0.39 is 0 Å². The fourth-order valence-corrected chi connectivity index (χ4v) is 3.63. The van der Waals surface area contributed by atoms with E-state index in [1.807, 2.05) is 30.5 Å². The standard InChI is InChI=1S/C18H24N2O3S/c1-14-4-6-17(23-14)16(20-8-10-22-11-9-20)13-19-18(21)7-5-15-3-2-12-24-15/h2-4,6,12,16H,5,7-11,13H2,1H3,(H,19,21)/t16-/m0/s1. The fourth-order valence-electron chi connectivity index (χ4n) is 2.92. The number of hydrogen-bond acceptors (Lipinski definition) is 5. The van der Waals surface area contributed by atoms with Crippen LogP contribution in [-0.2, 0) is 16.0 Å². The SMILES string of the molecule is Cc1ccc([C@H](CNC(=O)CCc2cccs2)N2CCOCC2)o1. The van der Waals surface area contributed by atoms with Gasteiger partial charge in [0.15, 0.2) is 0 Å². The van der Waals surface area contributed by atoms with Crippen molar-refractivity contribution in [3.05, 3.63) is 46.0 Å². The van der Waals surface area contributed by atoms with Crippen LogP contribution < -0.4 is 5.32 Å². The number of morpholine rings is 1. The van der Waals surface area contributed by atoms with Crippen LogP contribution in [0.1, 0.15) is 28.9 Å². The molecule has 6 heteroatoms.